The highest BCUT2D eigenvalue weighted by molar-refractivity contribution is 5.46. The molecule has 1 unspecified atom stereocenters. The molecule has 76 valence electrons. The van der Waals surface area contributed by atoms with Crippen molar-refractivity contribution in [2.75, 3.05) is 25.0 Å². The van der Waals surface area contributed by atoms with E-state index < -0.39 is 0 Å². The fourth-order valence-electron chi connectivity index (χ4n) is 1.93. The van der Waals surface area contributed by atoms with Crippen molar-refractivity contribution in [1.82, 2.24) is 10.3 Å². The minimum atomic E-state index is 0.636. The minimum absolute atomic E-state index is 0.636. The monoisotopic (exact) mass is 191 g/mol. The molecule has 2 heterocycles. The average molecular weight is 191 g/mol. The van der Waals surface area contributed by atoms with Crippen LogP contribution in [0.15, 0.2) is 18.3 Å². The summed E-state index contributed by atoms with van der Waals surface area (Å²) in [7, 11) is 2.16. The van der Waals surface area contributed by atoms with Gasteiger partial charge in [-0.1, -0.05) is 0 Å². The zero-order chi connectivity index (χ0) is 9.97. The number of hydrogen-bond donors (Lipinski definition) is 1. The maximum atomic E-state index is 4.21. The molecule has 1 aromatic heterocycles. The third-order valence-electron chi connectivity index (χ3n) is 2.87. The molecule has 2 rings (SSSR count). The number of aromatic nitrogens is 1. The lowest BCUT2D eigenvalue weighted by Gasteiger charge is -2.26. The van der Waals surface area contributed by atoms with Gasteiger partial charge in [-0.05, 0) is 32.0 Å². The fraction of sp³-hybridized carbons (Fsp3) is 0.545. The van der Waals surface area contributed by atoms with E-state index in [1.165, 1.54) is 12.1 Å². The molecular formula is C11H17N3. The van der Waals surface area contributed by atoms with Gasteiger partial charge < -0.3 is 10.2 Å². The van der Waals surface area contributed by atoms with E-state index in [2.05, 4.69) is 34.4 Å². The van der Waals surface area contributed by atoms with E-state index in [4.69, 9.17) is 0 Å². The molecule has 1 aliphatic rings. The van der Waals surface area contributed by atoms with Crippen LogP contribution in [-0.2, 0) is 0 Å². The van der Waals surface area contributed by atoms with Gasteiger partial charge in [0, 0.05) is 37.2 Å². The highest BCUT2D eigenvalue weighted by atomic mass is 15.2. The van der Waals surface area contributed by atoms with E-state index in [1.54, 1.807) is 0 Å². The Labute approximate surface area is 85.1 Å². The number of aryl methyl sites for hydroxylation is 1. The van der Waals surface area contributed by atoms with Gasteiger partial charge >= 0.3 is 0 Å². The molecule has 0 bridgehead atoms. The Morgan fingerprint density at radius 1 is 1.57 bits per heavy atom. The molecule has 0 spiro atoms. The normalized spacial score (nSPS) is 21.1. The Bertz CT molecular complexity index is 305. The minimum Gasteiger partial charge on any atom is -0.370 e. The summed E-state index contributed by atoms with van der Waals surface area (Å²) < 4.78 is 0. The number of anilines is 1. The van der Waals surface area contributed by atoms with Crippen molar-refractivity contribution in [3.63, 3.8) is 0 Å². The van der Waals surface area contributed by atoms with Crippen molar-refractivity contribution in [1.29, 1.82) is 0 Å². The predicted octanol–water partition coefficient (Wildman–Crippen LogP) is 1.19. The van der Waals surface area contributed by atoms with Crippen molar-refractivity contribution < 1.29 is 0 Å². The first-order chi connectivity index (χ1) is 6.77. The van der Waals surface area contributed by atoms with Gasteiger partial charge in [-0.3, -0.25) is 4.98 Å². The van der Waals surface area contributed by atoms with Crippen LogP contribution in [0, 0.1) is 6.92 Å². The molecule has 0 radical (unpaired) electrons. The van der Waals surface area contributed by atoms with Crippen LogP contribution in [0.25, 0.3) is 0 Å². The lowest BCUT2D eigenvalue weighted by molar-refractivity contribution is 0.685. The van der Waals surface area contributed by atoms with Gasteiger partial charge in [0.1, 0.15) is 0 Å². The Balaban J connectivity index is 2.13. The molecule has 3 nitrogen and oxygen atoms in total. The Kier molecular flexibility index (Phi) is 2.68. The molecule has 1 aliphatic heterocycles. The van der Waals surface area contributed by atoms with Crippen molar-refractivity contribution in [3.8, 4) is 0 Å². The van der Waals surface area contributed by atoms with Crippen LogP contribution in [0.5, 0.6) is 0 Å². The number of nitrogens with one attached hydrogen (secondary N) is 1. The van der Waals surface area contributed by atoms with E-state index in [0.717, 1.165) is 18.8 Å². The maximum Gasteiger partial charge on any atom is 0.0423 e. The first-order valence-corrected chi connectivity index (χ1v) is 5.13. The van der Waals surface area contributed by atoms with Gasteiger partial charge in [-0.2, -0.15) is 0 Å². The molecule has 3 heteroatoms. The predicted molar refractivity (Wildman–Crippen MR) is 58.7 cm³/mol. The van der Waals surface area contributed by atoms with Crippen molar-refractivity contribution in [2.45, 2.75) is 19.4 Å². The Morgan fingerprint density at radius 3 is 3.07 bits per heavy atom. The Hall–Kier alpha value is -1.09. The topological polar surface area (TPSA) is 28.2 Å². The largest absolute Gasteiger partial charge is 0.370 e. The van der Waals surface area contributed by atoms with E-state index in [1.807, 2.05) is 13.1 Å². The molecule has 1 saturated heterocycles. The zero-order valence-electron chi connectivity index (χ0n) is 8.83. The number of nitrogens with zero attached hydrogens (tertiary/aromatic N) is 2. The van der Waals surface area contributed by atoms with Gasteiger partial charge in [0.2, 0.25) is 0 Å². The fourth-order valence-corrected chi connectivity index (χ4v) is 1.93. The molecule has 1 atom stereocenters. The molecule has 0 aliphatic carbocycles. The first kappa shape index (κ1) is 9.46. The summed E-state index contributed by atoms with van der Waals surface area (Å²) in [4.78, 5) is 6.55. The van der Waals surface area contributed by atoms with Gasteiger partial charge in [0.05, 0.1) is 0 Å². The smallest absolute Gasteiger partial charge is 0.0423 e. The summed E-state index contributed by atoms with van der Waals surface area (Å²) in [6.07, 6.45) is 3.11. The zero-order valence-corrected chi connectivity index (χ0v) is 8.83. The number of likely N-dealkylation sites (N-methyl/N-ethyl adjacent to an activating group) is 1. The van der Waals surface area contributed by atoms with Gasteiger partial charge in [0.15, 0.2) is 0 Å². The van der Waals surface area contributed by atoms with E-state index in [-0.39, 0.29) is 0 Å². The number of pyridine rings is 1. The SMILES string of the molecule is Cc1cc(N(C)C2CCNC2)ccn1. The Morgan fingerprint density at radius 2 is 2.43 bits per heavy atom. The van der Waals surface area contributed by atoms with E-state index >= 15 is 0 Å². The third-order valence-corrected chi connectivity index (χ3v) is 2.87. The molecule has 1 fully saturated rings. The summed E-state index contributed by atoms with van der Waals surface area (Å²) >= 11 is 0. The second kappa shape index (κ2) is 3.96. The van der Waals surface area contributed by atoms with Gasteiger partial charge in [-0.25, -0.2) is 0 Å². The van der Waals surface area contributed by atoms with Crippen LogP contribution in [0.1, 0.15) is 12.1 Å². The number of hydrogen-bond acceptors (Lipinski definition) is 3. The summed E-state index contributed by atoms with van der Waals surface area (Å²) in [5.41, 5.74) is 2.35. The van der Waals surface area contributed by atoms with Crippen molar-refractivity contribution in [2.24, 2.45) is 0 Å². The highest BCUT2D eigenvalue weighted by Crippen LogP contribution is 2.18. The standard InChI is InChI=1S/C11H17N3/c1-9-7-10(4-6-13-9)14(2)11-3-5-12-8-11/h4,6-7,11-12H,3,5,8H2,1-2H3. The molecular weight excluding hydrogens is 174 g/mol. The summed E-state index contributed by atoms with van der Waals surface area (Å²) in [6, 6.07) is 4.85. The van der Waals surface area contributed by atoms with Gasteiger partial charge in [-0.15, -0.1) is 0 Å². The molecule has 0 saturated carbocycles. The molecule has 0 aromatic carbocycles. The molecule has 1 N–H and O–H groups in total. The van der Waals surface area contributed by atoms with Crippen molar-refractivity contribution >= 4 is 5.69 Å². The molecule has 14 heavy (non-hydrogen) atoms. The summed E-state index contributed by atoms with van der Waals surface area (Å²) in [6.45, 7) is 4.27. The highest BCUT2D eigenvalue weighted by Gasteiger charge is 2.19. The lowest BCUT2D eigenvalue weighted by atomic mass is 10.2. The molecule has 1 aromatic rings. The van der Waals surface area contributed by atoms with E-state index in [9.17, 15) is 0 Å². The van der Waals surface area contributed by atoms with E-state index in [0.29, 0.717) is 6.04 Å². The first-order valence-electron chi connectivity index (χ1n) is 5.13. The van der Waals surface area contributed by atoms with Crippen LogP contribution < -0.4 is 10.2 Å². The maximum absolute atomic E-state index is 4.21. The lowest BCUT2D eigenvalue weighted by Crippen LogP contribution is -2.33. The quantitative estimate of drug-likeness (QED) is 0.761. The molecule has 0 amide bonds. The second-order valence-electron chi connectivity index (χ2n) is 3.91. The summed E-state index contributed by atoms with van der Waals surface area (Å²) in [5, 5.41) is 3.38. The van der Waals surface area contributed by atoms with Crippen LogP contribution in [0.4, 0.5) is 5.69 Å². The average Bonchev–Trinajstić information content (AvgIpc) is 2.69. The number of rotatable bonds is 2. The van der Waals surface area contributed by atoms with Gasteiger partial charge in [0.25, 0.3) is 0 Å². The van der Waals surface area contributed by atoms with Crippen molar-refractivity contribution in [3.05, 3.63) is 24.0 Å². The van der Waals surface area contributed by atoms with Crippen LogP contribution in [0.2, 0.25) is 0 Å². The van der Waals surface area contributed by atoms with Crippen LogP contribution in [0.3, 0.4) is 0 Å². The second-order valence-corrected chi connectivity index (χ2v) is 3.91. The summed E-state index contributed by atoms with van der Waals surface area (Å²) in [5.74, 6) is 0. The van der Waals surface area contributed by atoms with Crippen LogP contribution >= 0.6 is 0 Å². The third kappa shape index (κ3) is 1.87. The van der Waals surface area contributed by atoms with Crippen LogP contribution in [-0.4, -0.2) is 31.2 Å².